The molecule has 0 saturated carbocycles. The SMILES string of the molecule is Cc1nc(N2CCC(C)(C(C)OC(N)=O)CC2)c(CO)nc1Sc1ccnc(Cl)c1Cl. The lowest BCUT2D eigenvalue weighted by Gasteiger charge is -2.43. The third-order valence-electron chi connectivity index (χ3n) is 5.72. The molecule has 1 aliphatic heterocycles. The van der Waals surface area contributed by atoms with Crippen LogP contribution in [0.2, 0.25) is 10.2 Å². The average molecular weight is 486 g/mol. The summed E-state index contributed by atoms with van der Waals surface area (Å²) < 4.78 is 5.21. The van der Waals surface area contributed by atoms with Crippen molar-refractivity contribution in [1.29, 1.82) is 0 Å². The highest BCUT2D eigenvalue weighted by Gasteiger charge is 2.38. The van der Waals surface area contributed by atoms with E-state index in [-0.39, 0.29) is 23.3 Å². The molecule has 3 heterocycles. The predicted molar refractivity (Wildman–Crippen MR) is 121 cm³/mol. The Labute approximate surface area is 195 Å². The predicted octanol–water partition coefficient (Wildman–Crippen LogP) is 4.22. The zero-order chi connectivity index (χ0) is 22.8. The van der Waals surface area contributed by atoms with Crippen LogP contribution in [0.5, 0.6) is 0 Å². The number of hydrogen-bond acceptors (Lipinski definition) is 8. The van der Waals surface area contributed by atoms with E-state index < -0.39 is 6.09 Å². The highest BCUT2D eigenvalue weighted by molar-refractivity contribution is 7.99. The number of aliphatic hydroxyl groups excluding tert-OH is 1. The van der Waals surface area contributed by atoms with Crippen molar-refractivity contribution in [2.45, 2.75) is 56.2 Å². The third kappa shape index (κ3) is 5.34. The van der Waals surface area contributed by atoms with Crippen LogP contribution in [0.3, 0.4) is 0 Å². The summed E-state index contributed by atoms with van der Waals surface area (Å²) in [6, 6.07) is 1.76. The number of aromatic nitrogens is 3. The summed E-state index contributed by atoms with van der Waals surface area (Å²) in [4.78, 5) is 27.3. The lowest BCUT2D eigenvalue weighted by Crippen LogP contribution is -2.46. The van der Waals surface area contributed by atoms with E-state index in [1.807, 2.05) is 13.8 Å². The van der Waals surface area contributed by atoms with Crippen molar-refractivity contribution in [2.75, 3.05) is 18.0 Å². The van der Waals surface area contributed by atoms with Crippen LogP contribution in [0.4, 0.5) is 10.6 Å². The van der Waals surface area contributed by atoms with Gasteiger partial charge in [-0.1, -0.05) is 41.9 Å². The Hall–Kier alpha value is -1.81. The highest BCUT2D eigenvalue weighted by atomic mass is 35.5. The van der Waals surface area contributed by atoms with Crippen LogP contribution >= 0.6 is 35.0 Å². The van der Waals surface area contributed by atoms with Gasteiger partial charge in [-0.15, -0.1) is 0 Å². The molecule has 2 aromatic heterocycles. The summed E-state index contributed by atoms with van der Waals surface area (Å²) in [7, 11) is 0. The maximum atomic E-state index is 11.1. The number of aliphatic hydroxyl groups is 1. The molecule has 8 nitrogen and oxygen atoms in total. The molecular weight excluding hydrogens is 461 g/mol. The second-order valence-corrected chi connectivity index (χ2v) is 9.55. The van der Waals surface area contributed by atoms with Gasteiger partial charge in [0, 0.05) is 29.6 Å². The van der Waals surface area contributed by atoms with Crippen LogP contribution in [-0.2, 0) is 11.3 Å². The molecule has 0 bridgehead atoms. The molecule has 2 aromatic rings. The number of aryl methyl sites for hydroxylation is 1. The number of carbonyl (C=O) groups excluding carboxylic acids is 1. The molecule has 0 radical (unpaired) electrons. The smallest absolute Gasteiger partial charge is 0.404 e. The molecule has 1 aliphatic rings. The van der Waals surface area contributed by atoms with Crippen LogP contribution in [0.25, 0.3) is 0 Å². The molecule has 11 heteroatoms. The van der Waals surface area contributed by atoms with Crippen molar-refractivity contribution >= 4 is 46.9 Å². The lowest BCUT2D eigenvalue weighted by molar-refractivity contribution is 0.0159. The van der Waals surface area contributed by atoms with Crippen molar-refractivity contribution in [2.24, 2.45) is 11.1 Å². The average Bonchev–Trinajstić information content (AvgIpc) is 2.72. The van der Waals surface area contributed by atoms with Crippen LogP contribution < -0.4 is 10.6 Å². The summed E-state index contributed by atoms with van der Waals surface area (Å²) in [5, 5.41) is 11.2. The maximum Gasteiger partial charge on any atom is 0.404 e. The van der Waals surface area contributed by atoms with Crippen molar-refractivity contribution in [1.82, 2.24) is 15.0 Å². The zero-order valence-corrected chi connectivity index (χ0v) is 19.9. The van der Waals surface area contributed by atoms with Gasteiger partial charge in [0.2, 0.25) is 0 Å². The van der Waals surface area contributed by atoms with E-state index in [4.69, 9.17) is 38.7 Å². The van der Waals surface area contributed by atoms with Crippen LogP contribution in [0, 0.1) is 12.3 Å². The summed E-state index contributed by atoms with van der Waals surface area (Å²) in [6.07, 6.45) is 2.11. The molecule has 0 spiro atoms. The number of nitrogens with zero attached hydrogens (tertiary/aromatic N) is 4. The molecule has 0 aromatic carbocycles. The number of nitrogens with two attached hydrogens (primary N) is 1. The van der Waals surface area contributed by atoms with E-state index in [1.165, 1.54) is 11.8 Å². The third-order valence-corrected chi connectivity index (χ3v) is 7.74. The van der Waals surface area contributed by atoms with E-state index >= 15 is 0 Å². The number of ether oxygens (including phenoxy) is 1. The molecule has 3 rings (SSSR count). The first-order chi connectivity index (χ1) is 14.6. The number of rotatable bonds is 6. The number of primary amides is 1. The Morgan fingerprint density at radius 1 is 1.39 bits per heavy atom. The second-order valence-electron chi connectivity index (χ2n) is 7.78. The maximum absolute atomic E-state index is 11.1. The van der Waals surface area contributed by atoms with Crippen LogP contribution in [0.15, 0.2) is 22.2 Å². The van der Waals surface area contributed by atoms with Crippen molar-refractivity contribution < 1.29 is 14.6 Å². The fourth-order valence-electron chi connectivity index (χ4n) is 3.52. The van der Waals surface area contributed by atoms with Crippen molar-refractivity contribution in [3.8, 4) is 0 Å². The normalized spacial score (nSPS) is 16.8. The molecule has 31 heavy (non-hydrogen) atoms. The first-order valence-corrected chi connectivity index (χ1v) is 11.4. The van der Waals surface area contributed by atoms with Gasteiger partial charge >= 0.3 is 6.09 Å². The van der Waals surface area contributed by atoms with Crippen molar-refractivity contribution in [3.63, 3.8) is 0 Å². The molecule has 1 atom stereocenters. The van der Waals surface area contributed by atoms with Gasteiger partial charge < -0.3 is 20.5 Å². The van der Waals surface area contributed by atoms with Gasteiger partial charge in [-0.3, -0.25) is 0 Å². The minimum Gasteiger partial charge on any atom is -0.446 e. The number of anilines is 1. The highest BCUT2D eigenvalue weighted by Crippen LogP contribution is 2.39. The number of halogens is 2. The Morgan fingerprint density at radius 3 is 2.68 bits per heavy atom. The molecule has 1 amide bonds. The Bertz CT molecular complexity index is 970. The van der Waals surface area contributed by atoms with Gasteiger partial charge in [0.15, 0.2) is 5.82 Å². The van der Waals surface area contributed by atoms with Gasteiger partial charge in [-0.25, -0.2) is 19.7 Å². The Balaban J connectivity index is 1.79. The lowest BCUT2D eigenvalue weighted by atomic mass is 9.76. The Morgan fingerprint density at radius 2 is 2.06 bits per heavy atom. The van der Waals surface area contributed by atoms with Gasteiger partial charge in [0.05, 0.1) is 17.3 Å². The molecule has 3 N–H and O–H groups in total. The van der Waals surface area contributed by atoms with Gasteiger partial charge in [0.1, 0.15) is 22.0 Å². The van der Waals surface area contributed by atoms with E-state index in [0.29, 0.717) is 39.5 Å². The largest absolute Gasteiger partial charge is 0.446 e. The quantitative estimate of drug-likeness (QED) is 0.584. The van der Waals surface area contributed by atoms with E-state index in [9.17, 15) is 9.90 Å². The molecule has 1 unspecified atom stereocenters. The number of carbonyl (C=O) groups is 1. The fraction of sp³-hybridized carbons (Fsp3) is 0.500. The second kappa shape index (κ2) is 9.77. The summed E-state index contributed by atoms with van der Waals surface area (Å²) in [6.45, 7) is 6.98. The molecule has 1 fully saturated rings. The zero-order valence-electron chi connectivity index (χ0n) is 17.6. The molecular formula is C20H25Cl2N5O3S. The Kier molecular flexibility index (Phi) is 7.51. The summed E-state index contributed by atoms with van der Waals surface area (Å²) >= 11 is 13.6. The molecule has 0 aliphatic carbocycles. The number of amides is 1. The van der Waals surface area contributed by atoms with E-state index in [2.05, 4.69) is 21.8 Å². The minimum atomic E-state index is -0.760. The summed E-state index contributed by atoms with van der Waals surface area (Å²) in [5.74, 6) is 0.661. The number of pyridine rings is 1. The van der Waals surface area contributed by atoms with Crippen LogP contribution in [0.1, 0.15) is 38.1 Å². The van der Waals surface area contributed by atoms with Gasteiger partial charge in [0.25, 0.3) is 0 Å². The van der Waals surface area contributed by atoms with Gasteiger partial charge in [-0.05, 0) is 32.8 Å². The number of hydrogen-bond donors (Lipinski definition) is 2. The molecule has 1 saturated heterocycles. The van der Waals surface area contributed by atoms with E-state index in [1.54, 1.807) is 12.3 Å². The first kappa shape index (κ1) is 23.8. The summed E-state index contributed by atoms with van der Waals surface area (Å²) in [5.41, 5.74) is 6.22. The first-order valence-electron chi connectivity index (χ1n) is 9.82. The topological polar surface area (TPSA) is 114 Å². The standard InChI is InChI=1S/C20H25Cl2N5O3S/c1-11-18(31-14-4-7-24-16(22)15(14)21)26-13(10-28)17(25-11)27-8-5-20(3,6-9-27)12(2)30-19(23)29/h4,7,12,28H,5-6,8-10H2,1-3H3,(H2,23,29). The van der Waals surface area contributed by atoms with Crippen LogP contribution in [-0.4, -0.2) is 45.3 Å². The van der Waals surface area contributed by atoms with Crippen molar-refractivity contribution in [3.05, 3.63) is 33.8 Å². The van der Waals surface area contributed by atoms with E-state index in [0.717, 1.165) is 18.5 Å². The number of piperidine rings is 1. The monoisotopic (exact) mass is 485 g/mol. The minimum absolute atomic E-state index is 0.180. The molecule has 168 valence electrons. The fourth-order valence-corrected chi connectivity index (χ4v) is 4.83. The van der Waals surface area contributed by atoms with Gasteiger partial charge in [-0.2, -0.15) is 0 Å².